The Balaban J connectivity index is 1.64. The Morgan fingerprint density at radius 1 is 1.03 bits per heavy atom. The van der Waals surface area contributed by atoms with E-state index in [1.54, 1.807) is 31.2 Å². The van der Waals surface area contributed by atoms with Gasteiger partial charge in [0.05, 0.1) is 22.6 Å². The minimum Gasteiger partial charge on any atom is -0.497 e. The Morgan fingerprint density at radius 3 is 2.44 bits per heavy atom. The van der Waals surface area contributed by atoms with Crippen LogP contribution in [0, 0.1) is 13.8 Å². The molecule has 176 valence electrons. The zero-order valence-electron chi connectivity index (χ0n) is 19.5. The lowest BCUT2D eigenvalue weighted by Gasteiger charge is -2.23. The number of anilines is 2. The van der Waals surface area contributed by atoms with Gasteiger partial charge in [-0.2, -0.15) is 0 Å². The Labute approximate surface area is 203 Å². The van der Waals surface area contributed by atoms with Gasteiger partial charge in [0, 0.05) is 16.9 Å². The van der Waals surface area contributed by atoms with E-state index >= 15 is 0 Å². The maximum Gasteiger partial charge on any atom is 0.265 e. The molecule has 1 amide bonds. The van der Waals surface area contributed by atoms with Gasteiger partial charge in [-0.05, 0) is 91.9 Å². The summed E-state index contributed by atoms with van der Waals surface area (Å²) in [7, 11) is -2.22. The third-order valence-corrected chi connectivity index (χ3v) is 8.83. The number of methoxy groups -OCH3 is 1. The fourth-order valence-corrected chi connectivity index (χ4v) is 6.14. The molecular formula is C26H26N2O4S2. The van der Waals surface area contributed by atoms with Crippen LogP contribution in [0.2, 0.25) is 0 Å². The van der Waals surface area contributed by atoms with E-state index in [1.807, 2.05) is 44.2 Å². The van der Waals surface area contributed by atoms with Crippen molar-refractivity contribution in [1.29, 1.82) is 0 Å². The number of aryl methyl sites for hydroxylation is 1. The standard InChI is InChI=1S/C26H26N2O4S2/c1-5-28(34(30,31)22-12-10-21(32-4)11-13-22)20-9-14-24-19(15-20)16-25(33-24)26(29)27-23-8-6-7-17(2)18(23)3/h6-16H,5H2,1-4H3,(H,27,29). The molecule has 0 bridgehead atoms. The van der Waals surface area contributed by atoms with Crippen molar-refractivity contribution < 1.29 is 17.9 Å². The largest absolute Gasteiger partial charge is 0.497 e. The first-order valence-corrected chi connectivity index (χ1v) is 13.1. The summed E-state index contributed by atoms with van der Waals surface area (Å²) in [6.45, 7) is 6.04. The van der Waals surface area contributed by atoms with Crippen molar-refractivity contribution in [2.45, 2.75) is 25.7 Å². The average Bonchev–Trinajstić information content (AvgIpc) is 3.26. The molecule has 0 aliphatic heterocycles. The van der Waals surface area contributed by atoms with Crippen LogP contribution in [-0.2, 0) is 10.0 Å². The van der Waals surface area contributed by atoms with Gasteiger partial charge in [-0.3, -0.25) is 9.10 Å². The van der Waals surface area contributed by atoms with Crippen molar-refractivity contribution in [2.24, 2.45) is 0 Å². The van der Waals surface area contributed by atoms with Crippen LogP contribution in [0.4, 0.5) is 11.4 Å². The molecule has 3 aromatic carbocycles. The number of hydrogen-bond donors (Lipinski definition) is 1. The summed E-state index contributed by atoms with van der Waals surface area (Å²) in [5.41, 5.74) is 3.47. The number of amides is 1. The summed E-state index contributed by atoms with van der Waals surface area (Å²) in [6.07, 6.45) is 0. The van der Waals surface area contributed by atoms with E-state index in [4.69, 9.17) is 4.74 Å². The maximum absolute atomic E-state index is 13.3. The van der Waals surface area contributed by atoms with Crippen molar-refractivity contribution in [3.05, 3.63) is 82.7 Å². The molecule has 0 atom stereocenters. The summed E-state index contributed by atoms with van der Waals surface area (Å²) in [5, 5.41) is 3.80. The second-order valence-corrected chi connectivity index (χ2v) is 10.8. The number of nitrogens with zero attached hydrogens (tertiary/aromatic N) is 1. The second-order valence-electron chi connectivity index (χ2n) is 7.88. The average molecular weight is 495 g/mol. The summed E-state index contributed by atoms with van der Waals surface area (Å²) in [5.74, 6) is 0.406. The van der Waals surface area contributed by atoms with Crippen LogP contribution in [0.5, 0.6) is 5.75 Å². The molecule has 0 unspecified atom stereocenters. The summed E-state index contributed by atoms with van der Waals surface area (Å²) in [4.78, 5) is 13.7. The Hall–Kier alpha value is -3.36. The van der Waals surface area contributed by atoms with Crippen LogP contribution in [0.3, 0.4) is 0 Å². The topological polar surface area (TPSA) is 75.7 Å². The molecule has 6 nitrogen and oxygen atoms in total. The van der Waals surface area contributed by atoms with E-state index in [0.29, 0.717) is 16.3 Å². The molecule has 4 aromatic rings. The van der Waals surface area contributed by atoms with Crippen LogP contribution in [0.1, 0.15) is 27.7 Å². The summed E-state index contributed by atoms with van der Waals surface area (Å²) >= 11 is 1.38. The molecule has 1 aromatic heterocycles. The predicted molar refractivity (Wildman–Crippen MR) is 139 cm³/mol. The summed E-state index contributed by atoms with van der Waals surface area (Å²) in [6, 6.07) is 19.4. The van der Waals surface area contributed by atoms with Crippen molar-refractivity contribution >= 4 is 48.7 Å². The molecule has 0 fully saturated rings. The number of rotatable bonds is 7. The zero-order chi connectivity index (χ0) is 24.5. The molecule has 0 saturated carbocycles. The SMILES string of the molecule is CCN(c1ccc2sc(C(=O)Nc3cccc(C)c3C)cc2c1)S(=O)(=O)c1ccc(OC)cc1. The van der Waals surface area contributed by atoms with E-state index in [-0.39, 0.29) is 17.3 Å². The highest BCUT2D eigenvalue weighted by molar-refractivity contribution is 7.92. The second kappa shape index (κ2) is 9.48. The lowest BCUT2D eigenvalue weighted by Crippen LogP contribution is -2.30. The normalized spacial score (nSPS) is 11.4. The minimum absolute atomic E-state index is 0.186. The van der Waals surface area contributed by atoms with Crippen molar-refractivity contribution in [3.63, 3.8) is 0 Å². The fourth-order valence-electron chi connectivity index (χ4n) is 3.73. The van der Waals surface area contributed by atoms with Crippen LogP contribution < -0.4 is 14.4 Å². The van der Waals surface area contributed by atoms with Gasteiger partial charge in [0.25, 0.3) is 15.9 Å². The van der Waals surface area contributed by atoms with Gasteiger partial charge in [-0.1, -0.05) is 12.1 Å². The molecule has 1 N–H and O–H groups in total. The van der Waals surface area contributed by atoms with Gasteiger partial charge in [0.2, 0.25) is 0 Å². The lowest BCUT2D eigenvalue weighted by atomic mass is 10.1. The molecule has 8 heteroatoms. The zero-order valence-corrected chi connectivity index (χ0v) is 21.1. The van der Waals surface area contributed by atoms with E-state index < -0.39 is 10.0 Å². The maximum atomic E-state index is 13.3. The van der Waals surface area contributed by atoms with E-state index in [9.17, 15) is 13.2 Å². The molecule has 34 heavy (non-hydrogen) atoms. The van der Waals surface area contributed by atoms with Gasteiger partial charge in [-0.15, -0.1) is 11.3 Å². The first-order chi connectivity index (χ1) is 16.2. The minimum atomic E-state index is -3.76. The molecule has 4 rings (SSSR count). The lowest BCUT2D eigenvalue weighted by molar-refractivity contribution is 0.103. The molecule has 0 radical (unpaired) electrons. The number of ether oxygens (including phenoxy) is 1. The number of hydrogen-bond acceptors (Lipinski definition) is 5. The van der Waals surface area contributed by atoms with Gasteiger partial charge in [-0.25, -0.2) is 8.42 Å². The Kier molecular flexibility index (Phi) is 6.63. The third kappa shape index (κ3) is 4.51. The first kappa shape index (κ1) is 23.8. The van der Waals surface area contributed by atoms with E-state index in [2.05, 4.69) is 5.32 Å². The van der Waals surface area contributed by atoms with Crippen LogP contribution in [0.15, 0.2) is 71.6 Å². The quantitative estimate of drug-likeness (QED) is 0.342. The van der Waals surface area contributed by atoms with Crippen molar-refractivity contribution in [1.82, 2.24) is 0 Å². The molecule has 1 heterocycles. The highest BCUT2D eigenvalue weighted by Gasteiger charge is 2.24. The monoisotopic (exact) mass is 494 g/mol. The van der Waals surface area contributed by atoms with Gasteiger partial charge in [0.1, 0.15) is 5.75 Å². The molecule has 0 spiro atoms. The van der Waals surface area contributed by atoms with Crippen molar-refractivity contribution in [2.75, 3.05) is 23.3 Å². The van der Waals surface area contributed by atoms with E-state index in [0.717, 1.165) is 26.9 Å². The predicted octanol–water partition coefficient (Wildman–Crippen LogP) is 5.99. The number of nitrogens with one attached hydrogen (secondary N) is 1. The van der Waals surface area contributed by atoms with E-state index in [1.165, 1.54) is 34.9 Å². The third-order valence-electron chi connectivity index (χ3n) is 5.80. The number of thiophene rings is 1. The Bertz CT molecular complexity index is 1460. The number of benzene rings is 3. The molecule has 0 aliphatic rings. The summed E-state index contributed by atoms with van der Waals surface area (Å²) < 4.78 is 34.0. The Morgan fingerprint density at radius 2 is 1.76 bits per heavy atom. The number of fused-ring (bicyclic) bond motifs is 1. The smallest absolute Gasteiger partial charge is 0.265 e. The molecule has 0 saturated heterocycles. The van der Waals surface area contributed by atoms with Gasteiger partial charge >= 0.3 is 0 Å². The van der Waals surface area contributed by atoms with Crippen molar-refractivity contribution in [3.8, 4) is 5.75 Å². The number of sulfonamides is 1. The number of carbonyl (C=O) groups excluding carboxylic acids is 1. The highest BCUT2D eigenvalue weighted by Crippen LogP contribution is 2.32. The first-order valence-electron chi connectivity index (χ1n) is 10.8. The van der Waals surface area contributed by atoms with Crippen LogP contribution in [0.25, 0.3) is 10.1 Å². The van der Waals surface area contributed by atoms with Crippen LogP contribution >= 0.6 is 11.3 Å². The number of carbonyl (C=O) groups is 1. The molecular weight excluding hydrogens is 468 g/mol. The fraction of sp³-hybridized carbons (Fsp3) is 0.192. The van der Waals surface area contributed by atoms with Crippen LogP contribution in [-0.4, -0.2) is 28.0 Å². The highest BCUT2D eigenvalue weighted by atomic mass is 32.2. The van der Waals surface area contributed by atoms with Gasteiger partial charge in [0.15, 0.2) is 0 Å². The van der Waals surface area contributed by atoms with Gasteiger partial charge < -0.3 is 10.1 Å². The molecule has 0 aliphatic carbocycles.